The van der Waals surface area contributed by atoms with Crippen molar-refractivity contribution in [2.24, 2.45) is 0 Å². The normalized spacial score (nSPS) is 12.2. The standard InChI is InChI=1S/C22H19BrN2/c1-24-16-12-10-15(11-13-16)22(18-7-2-4-8-20(18)23)19-14-25-21-9-5-3-6-17(19)21/h2-14,22,24-25H,1H3. The molecule has 3 heteroatoms. The van der Waals surface area contributed by atoms with Gasteiger partial charge in [0, 0.05) is 40.2 Å². The van der Waals surface area contributed by atoms with E-state index >= 15 is 0 Å². The van der Waals surface area contributed by atoms with Gasteiger partial charge in [0.05, 0.1) is 0 Å². The molecule has 0 radical (unpaired) electrons. The van der Waals surface area contributed by atoms with Crippen LogP contribution in [0.25, 0.3) is 10.9 Å². The Morgan fingerprint density at radius 1 is 0.840 bits per heavy atom. The van der Waals surface area contributed by atoms with Gasteiger partial charge in [-0.25, -0.2) is 0 Å². The Bertz CT molecular complexity index is 1000. The second-order valence-corrected chi connectivity index (χ2v) is 6.97. The quantitative estimate of drug-likeness (QED) is 0.429. The van der Waals surface area contributed by atoms with Crippen LogP contribution < -0.4 is 5.32 Å². The molecule has 0 aliphatic heterocycles. The maximum absolute atomic E-state index is 3.75. The van der Waals surface area contributed by atoms with Crippen LogP contribution in [-0.4, -0.2) is 12.0 Å². The number of fused-ring (bicyclic) bond motifs is 1. The molecule has 2 N–H and O–H groups in total. The molecule has 1 aromatic heterocycles. The average Bonchev–Trinajstić information content (AvgIpc) is 3.08. The van der Waals surface area contributed by atoms with Crippen LogP contribution in [0.15, 0.2) is 83.5 Å². The first-order valence-electron chi connectivity index (χ1n) is 8.36. The van der Waals surface area contributed by atoms with Crippen molar-refractivity contribution in [3.8, 4) is 0 Å². The molecule has 0 spiro atoms. The van der Waals surface area contributed by atoms with Gasteiger partial charge in [-0.05, 0) is 41.0 Å². The van der Waals surface area contributed by atoms with E-state index < -0.39 is 0 Å². The van der Waals surface area contributed by atoms with Gasteiger partial charge >= 0.3 is 0 Å². The van der Waals surface area contributed by atoms with Gasteiger partial charge in [-0.1, -0.05) is 64.5 Å². The molecule has 0 saturated heterocycles. The number of rotatable bonds is 4. The summed E-state index contributed by atoms with van der Waals surface area (Å²) in [5, 5.41) is 4.46. The first-order chi connectivity index (χ1) is 12.3. The summed E-state index contributed by atoms with van der Waals surface area (Å²) in [6.45, 7) is 0. The summed E-state index contributed by atoms with van der Waals surface area (Å²) in [5.74, 6) is 0.164. The van der Waals surface area contributed by atoms with E-state index in [1.807, 2.05) is 7.05 Å². The van der Waals surface area contributed by atoms with E-state index in [9.17, 15) is 0 Å². The lowest BCUT2D eigenvalue weighted by molar-refractivity contribution is 0.980. The summed E-state index contributed by atoms with van der Waals surface area (Å²) in [6.07, 6.45) is 2.14. The number of halogens is 1. The number of aromatic nitrogens is 1. The third-order valence-corrected chi connectivity index (χ3v) is 5.40. The third-order valence-electron chi connectivity index (χ3n) is 4.68. The van der Waals surface area contributed by atoms with Gasteiger partial charge in [0.15, 0.2) is 0 Å². The third kappa shape index (κ3) is 2.96. The Morgan fingerprint density at radius 2 is 1.56 bits per heavy atom. The zero-order valence-corrected chi connectivity index (χ0v) is 15.5. The highest BCUT2D eigenvalue weighted by atomic mass is 79.9. The van der Waals surface area contributed by atoms with Crippen molar-refractivity contribution < 1.29 is 0 Å². The number of anilines is 1. The first-order valence-corrected chi connectivity index (χ1v) is 9.15. The molecule has 4 aromatic rings. The molecule has 1 atom stereocenters. The van der Waals surface area contributed by atoms with Crippen molar-refractivity contribution in [1.29, 1.82) is 0 Å². The zero-order valence-electron chi connectivity index (χ0n) is 14.0. The number of hydrogen-bond acceptors (Lipinski definition) is 1. The van der Waals surface area contributed by atoms with Crippen LogP contribution in [0.3, 0.4) is 0 Å². The Kier molecular flexibility index (Phi) is 4.33. The minimum absolute atomic E-state index is 0.164. The Balaban J connectivity index is 1.93. The number of benzene rings is 3. The highest BCUT2D eigenvalue weighted by molar-refractivity contribution is 9.10. The summed E-state index contributed by atoms with van der Waals surface area (Å²) in [7, 11) is 1.94. The number of hydrogen-bond donors (Lipinski definition) is 2. The maximum atomic E-state index is 3.75. The van der Waals surface area contributed by atoms with Gasteiger partial charge in [0.1, 0.15) is 0 Å². The van der Waals surface area contributed by atoms with E-state index in [4.69, 9.17) is 0 Å². The Labute approximate surface area is 156 Å². The van der Waals surface area contributed by atoms with Crippen LogP contribution >= 0.6 is 15.9 Å². The van der Waals surface area contributed by atoms with Crippen LogP contribution in [-0.2, 0) is 0 Å². The van der Waals surface area contributed by atoms with Gasteiger partial charge in [-0.3, -0.25) is 0 Å². The molecule has 0 aliphatic rings. The topological polar surface area (TPSA) is 27.8 Å². The molecular weight excluding hydrogens is 372 g/mol. The SMILES string of the molecule is CNc1ccc(C(c2ccccc2Br)c2c[nH]c3ccccc23)cc1. The molecule has 1 heterocycles. The fraction of sp³-hybridized carbons (Fsp3) is 0.0909. The highest BCUT2D eigenvalue weighted by Gasteiger charge is 2.21. The summed E-state index contributed by atoms with van der Waals surface area (Å²) in [6, 6.07) is 25.6. The van der Waals surface area contributed by atoms with Crippen molar-refractivity contribution in [2.75, 3.05) is 12.4 Å². The van der Waals surface area contributed by atoms with E-state index in [1.54, 1.807) is 0 Å². The van der Waals surface area contributed by atoms with Crippen molar-refractivity contribution in [3.63, 3.8) is 0 Å². The van der Waals surface area contributed by atoms with E-state index in [2.05, 4.69) is 105 Å². The summed E-state index contributed by atoms with van der Waals surface area (Å²) in [5.41, 5.74) is 6.12. The lowest BCUT2D eigenvalue weighted by Gasteiger charge is -2.20. The largest absolute Gasteiger partial charge is 0.388 e. The van der Waals surface area contributed by atoms with Gasteiger partial charge in [-0.2, -0.15) is 0 Å². The summed E-state index contributed by atoms with van der Waals surface area (Å²) in [4.78, 5) is 3.42. The van der Waals surface area contributed by atoms with E-state index in [1.165, 1.54) is 27.6 Å². The van der Waals surface area contributed by atoms with E-state index in [0.717, 1.165) is 10.2 Å². The van der Waals surface area contributed by atoms with Crippen molar-refractivity contribution in [2.45, 2.75) is 5.92 Å². The maximum Gasteiger partial charge on any atom is 0.0457 e. The smallest absolute Gasteiger partial charge is 0.0457 e. The number of para-hydroxylation sites is 1. The molecule has 0 bridgehead atoms. The molecule has 0 aliphatic carbocycles. The minimum atomic E-state index is 0.164. The van der Waals surface area contributed by atoms with E-state index in [-0.39, 0.29) is 5.92 Å². The molecule has 2 nitrogen and oxygen atoms in total. The molecule has 4 rings (SSSR count). The Hall–Kier alpha value is -2.52. The van der Waals surface area contributed by atoms with Gasteiger partial charge in [0.2, 0.25) is 0 Å². The van der Waals surface area contributed by atoms with Gasteiger partial charge in [0.25, 0.3) is 0 Å². The van der Waals surface area contributed by atoms with Crippen LogP contribution in [0, 0.1) is 0 Å². The monoisotopic (exact) mass is 390 g/mol. The number of nitrogens with one attached hydrogen (secondary N) is 2. The fourth-order valence-electron chi connectivity index (χ4n) is 3.41. The van der Waals surface area contributed by atoms with Crippen LogP contribution in [0.2, 0.25) is 0 Å². The summed E-state index contributed by atoms with van der Waals surface area (Å²) < 4.78 is 1.13. The van der Waals surface area contributed by atoms with Crippen LogP contribution in [0.5, 0.6) is 0 Å². The average molecular weight is 391 g/mol. The number of aromatic amines is 1. The Morgan fingerprint density at radius 3 is 2.32 bits per heavy atom. The zero-order chi connectivity index (χ0) is 17.2. The number of H-pyrrole nitrogens is 1. The molecule has 0 amide bonds. The molecule has 3 aromatic carbocycles. The molecular formula is C22H19BrN2. The lowest BCUT2D eigenvalue weighted by Crippen LogP contribution is -2.04. The molecule has 0 fully saturated rings. The lowest BCUT2D eigenvalue weighted by atomic mass is 9.85. The van der Waals surface area contributed by atoms with Crippen molar-refractivity contribution in [3.05, 3.63) is 100 Å². The van der Waals surface area contributed by atoms with Gasteiger partial charge in [-0.15, -0.1) is 0 Å². The second-order valence-electron chi connectivity index (χ2n) is 6.12. The summed E-state index contributed by atoms with van der Waals surface area (Å²) >= 11 is 3.75. The predicted molar refractivity (Wildman–Crippen MR) is 109 cm³/mol. The molecule has 25 heavy (non-hydrogen) atoms. The minimum Gasteiger partial charge on any atom is -0.388 e. The predicted octanol–water partition coefficient (Wildman–Crippen LogP) is 6.15. The second kappa shape index (κ2) is 6.77. The highest BCUT2D eigenvalue weighted by Crippen LogP contribution is 2.39. The molecule has 124 valence electrons. The van der Waals surface area contributed by atoms with Crippen LogP contribution in [0.1, 0.15) is 22.6 Å². The van der Waals surface area contributed by atoms with Crippen molar-refractivity contribution in [1.82, 2.24) is 4.98 Å². The van der Waals surface area contributed by atoms with Crippen molar-refractivity contribution >= 4 is 32.5 Å². The molecule has 0 saturated carbocycles. The molecule has 1 unspecified atom stereocenters. The van der Waals surface area contributed by atoms with Gasteiger partial charge < -0.3 is 10.3 Å². The van der Waals surface area contributed by atoms with E-state index in [0.29, 0.717) is 0 Å². The fourth-order valence-corrected chi connectivity index (χ4v) is 3.92. The first kappa shape index (κ1) is 16.0. The van der Waals surface area contributed by atoms with Crippen LogP contribution in [0.4, 0.5) is 5.69 Å².